The van der Waals surface area contributed by atoms with Crippen LogP contribution in [0.5, 0.6) is 5.75 Å². The van der Waals surface area contributed by atoms with E-state index in [9.17, 15) is 5.11 Å². The number of benzene rings is 2. The lowest BCUT2D eigenvalue weighted by Gasteiger charge is -2.19. The third kappa shape index (κ3) is 3.88. The number of phenols is 1. The highest BCUT2D eigenvalue weighted by Gasteiger charge is 2.12. The maximum Gasteiger partial charge on any atom is 0.165 e. The molecule has 0 fully saturated rings. The van der Waals surface area contributed by atoms with Crippen LogP contribution in [0.25, 0.3) is 22.3 Å². The van der Waals surface area contributed by atoms with Crippen LogP contribution in [-0.4, -0.2) is 46.2 Å². The first-order valence-electron chi connectivity index (χ1n) is 8.74. The van der Waals surface area contributed by atoms with Gasteiger partial charge >= 0.3 is 0 Å². The predicted octanol–water partition coefficient (Wildman–Crippen LogP) is 3.76. The van der Waals surface area contributed by atoms with Crippen molar-refractivity contribution in [2.45, 2.75) is 13.8 Å². The van der Waals surface area contributed by atoms with Gasteiger partial charge in [0.2, 0.25) is 0 Å². The first-order chi connectivity index (χ1) is 12.2. The van der Waals surface area contributed by atoms with E-state index in [0.717, 1.165) is 42.9 Å². The number of aromatic nitrogens is 2. The molecule has 0 aliphatic rings. The zero-order valence-corrected chi connectivity index (χ0v) is 14.7. The quantitative estimate of drug-likeness (QED) is 0.688. The molecule has 1 aromatic heterocycles. The Morgan fingerprint density at radius 3 is 2.44 bits per heavy atom. The summed E-state index contributed by atoms with van der Waals surface area (Å²) in [6.45, 7) is 8.16. The first-order valence-corrected chi connectivity index (χ1v) is 8.74. The van der Waals surface area contributed by atoms with E-state index >= 15 is 0 Å². The number of para-hydroxylation sites is 2. The largest absolute Gasteiger partial charge is 0.507 e. The van der Waals surface area contributed by atoms with E-state index in [2.05, 4.69) is 34.0 Å². The third-order valence-electron chi connectivity index (χ3n) is 4.36. The minimum atomic E-state index is 0.187. The summed E-state index contributed by atoms with van der Waals surface area (Å²) in [5.41, 5.74) is 1.50. The van der Waals surface area contributed by atoms with E-state index in [1.807, 2.05) is 36.4 Å². The van der Waals surface area contributed by atoms with Gasteiger partial charge in [-0.2, -0.15) is 0 Å². The topological polar surface area (TPSA) is 61.3 Å². The Kier molecular flexibility index (Phi) is 5.46. The molecule has 3 rings (SSSR count). The number of likely N-dealkylation sites (N-methyl/N-ethyl adjacent to an activating group) is 1. The lowest BCUT2D eigenvalue weighted by Crippen LogP contribution is -2.28. The maximum absolute atomic E-state index is 10.1. The van der Waals surface area contributed by atoms with Gasteiger partial charge in [-0.25, -0.2) is 9.97 Å². The second kappa shape index (κ2) is 7.94. The molecular formula is C20H24N4O. The van der Waals surface area contributed by atoms with Gasteiger partial charge in [0.05, 0.1) is 11.1 Å². The molecule has 0 saturated carbocycles. The normalized spacial score (nSPS) is 11.2. The standard InChI is InChI=1S/C20H24N4O/c1-3-24(4-2)14-13-21-19-15-9-5-7-11-17(15)22-20(23-19)16-10-6-8-12-18(16)25/h5-12,25H,3-4,13-14H2,1-2H3,(H,21,22,23). The molecule has 0 radical (unpaired) electrons. The monoisotopic (exact) mass is 336 g/mol. The van der Waals surface area contributed by atoms with Crippen molar-refractivity contribution in [2.24, 2.45) is 0 Å². The summed E-state index contributed by atoms with van der Waals surface area (Å²) < 4.78 is 0. The highest BCUT2D eigenvalue weighted by atomic mass is 16.3. The average molecular weight is 336 g/mol. The van der Waals surface area contributed by atoms with Gasteiger partial charge in [0.25, 0.3) is 0 Å². The molecule has 5 nitrogen and oxygen atoms in total. The predicted molar refractivity (Wildman–Crippen MR) is 103 cm³/mol. The lowest BCUT2D eigenvalue weighted by molar-refractivity contribution is 0.316. The number of aromatic hydroxyl groups is 1. The van der Waals surface area contributed by atoms with Crippen molar-refractivity contribution >= 4 is 16.7 Å². The molecule has 0 unspecified atom stereocenters. The molecule has 25 heavy (non-hydrogen) atoms. The highest BCUT2D eigenvalue weighted by molar-refractivity contribution is 5.90. The van der Waals surface area contributed by atoms with Crippen molar-refractivity contribution in [1.82, 2.24) is 14.9 Å². The van der Waals surface area contributed by atoms with Crippen LogP contribution in [-0.2, 0) is 0 Å². The number of hydrogen-bond donors (Lipinski definition) is 2. The number of anilines is 1. The molecule has 2 aromatic carbocycles. The molecule has 0 aliphatic heterocycles. The van der Waals surface area contributed by atoms with Crippen LogP contribution in [0.15, 0.2) is 48.5 Å². The van der Waals surface area contributed by atoms with E-state index in [4.69, 9.17) is 0 Å². The molecule has 5 heteroatoms. The van der Waals surface area contributed by atoms with Crippen LogP contribution in [0, 0.1) is 0 Å². The molecule has 0 atom stereocenters. The Morgan fingerprint density at radius 1 is 0.960 bits per heavy atom. The van der Waals surface area contributed by atoms with E-state index in [1.54, 1.807) is 12.1 Å². The van der Waals surface area contributed by atoms with E-state index in [0.29, 0.717) is 11.4 Å². The van der Waals surface area contributed by atoms with Crippen LogP contribution >= 0.6 is 0 Å². The Labute approximate surface area is 148 Å². The van der Waals surface area contributed by atoms with Gasteiger partial charge in [0, 0.05) is 18.5 Å². The van der Waals surface area contributed by atoms with Gasteiger partial charge in [-0.3, -0.25) is 0 Å². The minimum Gasteiger partial charge on any atom is -0.507 e. The van der Waals surface area contributed by atoms with Crippen molar-refractivity contribution in [3.8, 4) is 17.1 Å². The summed E-state index contributed by atoms with van der Waals surface area (Å²) in [6.07, 6.45) is 0. The highest BCUT2D eigenvalue weighted by Crippen LogP contribution is 2.29. The SMILES string of the molecule is CCN(CC)CCNc1nc(-c2ccccc2O)nc2ccccc12. The Balaban J connectivity index is 1.94. The Morgan fingerprint density at radius 2 is 1.68 bits per heavy atom. The summed E-state index contributed by atoms with van der Waals surface area (Å²) in [7, 11) is 0. The average Bonchev–Trinajstić information content (AvgIpc) is 2.65. The van der Waals surface area contributed by atoms with Gasteiger partial charge in [-0.05, 0) is 37.4 Å². The van der Waals surface area contributed by atoms with Crippen molar-refractivity contribution in [3.05, 3.63) is 48.5 Å². The van der Waals surface area contributed by atoms with Crippen molar-refractivity contribution in [3.63, 3.8) is 0 Å². The number of hydrogen-bond acceptors (Lipinski definition) is 5. The van der Waals surface area contributed by atoms with Crippen LogP contribution in [0.4, 0.5) is 5.82 Å². The Hall–Kier alpha value is -2.66. The van der Waals surface area contributed by atoms with Gasteiger partial charge in [-0.15, -0.1) is 0 Å². The summed E-state index contributed by atoms with van der Waals surface area (Å²) >= 11 is 0. The van der Waals surface area contributed by atoms with E-state index < -0.39 is 0 Å². The molecule has 2 N–H and O–H groups in total. The molecule has 130 valence electrons. The molecule has 1 heterocycles. The van der Waals surface area contributed by atoms with Crippen molar-refractivity contribution in [2.75, 3.05) is 31.5 Å². The van der Waals surface area contributed by atoms with Gasteiger partial charge < -0.3 is 15.3 Å². The molecular weight excluding hydrogens is 312 g/mol. The van der Waals surface area contributed by atoms with Gasteiger partial charge in [0.15, 0.2) is 5.82 Å². The zero-order chi connectivity index (χ0) is 17.6. The fraction of sp³-hybridized carbons (Fsp3) is 0.300. The van der Waals surface area contributed by atoms with Crippen LogP contribution in [0.1, 0.15) is 13.8 Å². The van der Waals surface area contributed by atoms with Crippen LogP contribution in [0.3, 0.4) is 0 Å². The molecule has 3 aromatic rings. The number of nitrogens with one attached hydrogen (secondary N) is 1. The van der Waals surface area contributed by atoms with Crippen LogP contribution in [0.2, 0.25) is 0 Å². The van der Waals surface area contributed by atoms with Crippen molar-refractivity contribution in [1.29, 1.82) is 0 Å². The number of nitrogens with zero attached hydrogens (tertiary/aromatic N) is 3. The summed E-state index contributed by atoms with van der Waals surface area (Å²) in [6, 6.07) is 15.1. The molecule has 0 bridgehead atoms. The third-order valence-corrected chi connectivity index (χ3v) is 4.36. The molecule has 0 saturated heterocycles. The van der Waals surface area contributed by atoms with E-state index in [1.165, 1.54) is 0 Å². The second-order valence-electron chi connectivity index (χ2n) is 5.88. The molecule has 0 amide bonds. The molecule has 0 aliphatic carbocycles. The second-order valence-corrected chi connectivity index (χ2v) is 5.88. The number of phenolic OH excluding ortho intramolecular Hbond substituents is 1. The number of rotatable bonds is 7. The first kappa shape index (κ1) is 17.2. The fourth-order valence-corrected chi connectivity index (χ4v) is 2.87. The van der Waals surface area contributed by atoms with Gasteiger partial charge in [-0.1, -0.05) is 38.1 Å². The summed E-state index contributed by atoms with van der Waals surface area (Å²) in [5.74, 6) is 1.52. The van der Waals surface area contributed by atoms with Gasteiger partial charge in [0.1, 0.15) is 11.6 Å². The summed E-state index contributed by atoms with van der Waals surface area (Å²) in [5, 5.41) is 14.6. The van der Waals surface area contributed by atoms with E-state index in [-0.39, 0.29) is 5.75 Å². The summed E-state index contributed by atoms with van der Waals surface area (Å²) in [4.78, 5) is 11.7. The van der Waals surface area contributed by atoms with Crippen LogP contribution < -0.4 is 5.32 Å². The fourth-order valence-electron chi connectivity index (χ4n) is 2.87. The Bertz CT molecular complexity index is 846. The minimum absolute atomic E-state index is 0.187. The molecule has 0 spiro atoms. The smallest absolute Gasteiger partial charge is 0.165 e. The maximum atomic E-state index is 10.1. The number of fused-ring (bicyclic) bond motifs is 1. The van der Waals surface area contributed by atoms with Crippen molar-refractivity contribution < 1.29 is 5.11 Å². The lowest BCUT2D eigenvalue weighted by atomic mass is 10.1. The zero-order valence-electron chi connectivity index (χ0n) is 14.7.